The predicted molar refractivity (Wildman–Crippen MR) is 120 cm³/mol. The van der Waals surface area contributed by atoms with E-state index in [2.05, 4.69) is 34.7 Å². The van der Waals surface area contributed by atoms with Crippen LogP contribution in [0.4, 0.5) is 0 Å². The van der Waals surface area contributed by atoms with Gasteiger partial charge in [-0.1, -0.05) is 19.1 Å². The molecule has 1 aromatic rings. The third kappa shape index (κ3) is 8.23. The van der Waals surface area contributed by atoms with Crippen molar-refractivity contribution in [3.63, 3.8) is 0 Å². The van der Waals surface area contributed by atoms with Crippen LogP contribution in [-0.2, 0) is 11.2 Å². The van der Waals surface area contributed by atoms with Crippen molar-refractivity contribution < 1.29 is 14.6 Å². The quantitative estimate of drug-likeness (QED) is 0.267. The molecule has 0 saturated carbocycles. The molecule has 0 aliphatic carbocycles. The molecule has 1 saturated heterocycles. The molecular formula is C20H34IN3O3. The van der Waals surface area contributed by atoms with E-state index in [1.807, 2.05) is 12.1 Å². The number of aliphatic hydroxyl groups is 1. The van der Waals surface area contributed by atoms with Crippen molar-refractivity contribution in [1.82, 2.24) is 10.6 Å². The van der Waals surface area contributed by atoms with Gasteiger partial charge in [0.15, 0.2) is 5.96 Å². The summed E-state index contributed by atoms with van der Waals surface area (Å²) in [4.78, 5) is 4.30. The van der Waals surface area contributed by atoms with Crippen molar-refractivity contribution in [2.24, 2.45) is 10.4 Å². The normalized spacial score (nSPS) is 19.4. The molecule has 1 atom stereocenters. The van der Waals surface area contributed by atoms with Gasteiger partial charge in [-0.15, -0.1) is 24.0 Å². The summed E-state index contributed by atoms with van der Waals surface area (Å²) in [6, 6.07) is 8.24. The maximum atomic E-state index is 9.32. The Bertz CT molecular complexity index is 563. The summed E-state index contributed by atoms with van der Waals surface area (Å²) in [6.45, 7) is 6.06. The van der Waals surface area contributed by atoms with E-state index in [9.17, 15) is 5.11 Å². The van der Waals surface area contributed by atoms with Crippen LogP contribution in [0.2, 0.25) is 0 Å². The fourth-order valence-corrected chi connectivity index (χ4v) is 3.14. The lowest BCUT2D eigenvalue weighted by Gasteiger charge is -2.27. The first-order valence-electron chi connectivity index (χ1n) is 9.56. The third-order valence-electron chi connectivity index (χ3n) is 4.76. The molecule has 0 amide bonds. The van der Waals surface area contributed by atoms with Crippen molar-refractivity contribution in [3.8, 4) is 5.75 Å². The molecular weight excluding hydrogens is 457 g/mol. The summed E-state index contributed by atoms with van der Waals surface area (Å²) in [5, 5.41) is 16.1. The minimum atomic E-state index is 0. The molecule has 1 aliphatic rings. The molecule has 1 fully saturated rings. The number of benzene rings is 1. The topological polar surface area (TPSA) is 75.1 Å². The number of hydrogen-bond donors (Lipinski definition) is 3. The highest BCUT2D eigenvalue weighted by molar-refractivity contribution is 14.0. The number of guanidine groups is 1. The average Bonchev–Trinajstić information content (AvgIpc) is 3.12. The van der Waals surface area contributed by atoms with E-state index in [0.29, 0.717) is 6.61 Å². The number of nitrogens with one attached hydrogen (secondary N) is 2. The molecule has 1 unspecified atom stereocenters. The molecule has 0 radical (unpaired) electrons. The number of rotatable bonds is 10. The van der Waals surface area contributed by atoms with Crippen LogP contribution in [0.3, 0.4) is 0 Å². The Hall–Kier alpha value is -1.06. The highest BCUT2D eigenvalue weighted by atomic mass is 127. The summed E-state index contributed by atoms with van der Waals surface area (Å²) < 4.78 is 11.2. The second kappa shape index (κ2) is 13.2. The molecule has 6 nitrogen and oxygen atoms in total. The Morgan fingerprint density at radius 3 is 2.89 bits per heavy atom. The molecule has 0 spiro atoms. The van der Waals surface area contributed by atoms with Gasteiger partial charge in [0.05, 0.1) is 13.2 Å². The van der Waals surface area contributed by atoms with Gasteiger partial charge in [0.25, 0.3) is 0 Å². The van der Waals surface area contributed by atoms with E-state index >= 15 is 0 Å². The van der Waals surface area contributed by atoms with Gasteiger partial charge in [0.2, 0.25) is 0 Å². The SMILES string of the molecule is CCCOc1cccc(CCNC(=NC)NCC2(CCO)CCOC2)c1.I. The molecule has 1 aliphatic heterocycles. The Morgan fingerprint density at radius 2 is 2.22 bits per heavy atom. The molecule has 27 heavy (non-hydrogen) atoms. The van der Waals surface area contributed by atoms with Gasteiger partial charge in [-0.2, -0.15) is 0 Å². The Balaban J connectivity index is 0.00000364. The Labute approximate surface area is 180 Å². The van der Waals surface area contributed by atoms with Crippen LogP contribution in [0, 0.1) is 5.41 Å². The largest absolute Gasteiger partial charge is 0.494 e. The zero-order chi connectivity index (χ0) is 18.7. The van der Waals surface area contributed by atoms with Crippen LogP contribution < -0.4 is 15.4 Å². The zero-order valence-corrected chi connectivity index (χ0v) is 18.8. The van der Waals surface area contributed by atoms with Gasteiger partial charge in [-0.05, 0) is 43.4 Å². The van der Waals surface area contributed by atoms with Crippen LogP contribution in [0.15, 0.2) is 29.3 Å². The second-order valence-corrected chi connectivity index (χ2v) is 6.87. The summed E-state index contributed by atoms with van der Waals surface area (Å²) in [7, 11) is 1.78. The molecule has 154 valence electrons. The first kappa shape index (κ1) is 24.0. The van der Waals surface area contributed by atoms with Crippen LogP contribution in [0.25, 0.3) is 0 Å². The van der Waals surface area contributed by atoms with E-state index in [1.54, 1.807) is 7.05 Å². The van der Waals surface area contributed by atoms with Crippen LogP contribution in [-0.4, -0.2) is 57.6 Å². The van der Waals surface area contributed by atoms with Crippen LogP contribution in [0.1, 0.15) is 31.7 Å². The maximum Gasteiger partial charge on any atom is 0.191 e. The minimum absolute atomic E-state index is 0. The fourth-order valence-electron chi connectivity index (χ4n) is 3.14. The van der Waals surface area contributed by atoms with Crippen LogP contribution in [0.5, 0.6) is 5.75 Å². The molecule has 1 heterocycles. The van der Waals surface area contributed by atoms with Crippen molar-refractivity contribution in [2.75, 3.05) is 46.6 Å². The van der Waals surface area contributed by atoms with Gasteiger partial charge in [0.1, 0.15) is 5.75 Å². The number of aliphatic imine (C=N–C) groups is 1. The lowest BCUT2D eigenvalue weighted by atomic mass is 9.84. The predicted octanol–water partition coefficient (Wildman–Crippen LogP) is 2.59. The van der Waals surface area contributed by atoms with Gasteiger partial charge in [0, 0.05) is 38.8 Å². The minimum Gasteiger partial charge on any atom is -0.494 e. The van der Waals surface area contributed by atoms with E-state index in [1.165, 1.54) is 5.56 Å². The van der Waals surface area contributed by atoms with Gasteiger partial charge >= 0.3 is 0 Å². The van der Waals surface area contributed by atoms with Gasteiger partial charge in [-0.25, -0.2) is 0 Å². The van der Waals surface area contributed by atoms with E-state index in [4.69, 9.17) is 9.47 Å². The van der Waals surface area contributed by atoms with Crippen molar-refractivity contribution in [1.29, 1.82) is 0 Å². The molecule has 7 heteroatoms. The lowest BCUT2D eigenvalue weighted by molar-refractivity contribution is 0.127. The summed E-state index contributed by atoms with van der Waals surface area (Å²) in [5.74, 6) is 1.71. The van der Waals surface area contributed by atoms with E-state index < -0.39 is 0 Å². The Morgan fingerprint density at radius 1 is 1.37 bits per heavy atom. The monoisotopic (exact) mass is 491 g/mol. The smallest absolute Gasteiger partial charge is 0.191 e. The Kier molecular flexibility index (Phi) is 11.7. The van der Waals surface area contributed by atoms with Crippen molar-refractivity contribution >= 4 is 29.9 Å². The number of aliphatic hydroxyl groups excluding tert-OH is 1. The van der Waals surface area contributed by atoms with Crippen molar-refractivity contribution in [3.05, 3.63) is 29.8 Å². The summed E-state index contributed by atoms with van der Waals surface area (Å²) >= 11 is 0. The molecule has 0 bridgehead atoms. The lowest BCUT2D eigenvalue weighted by Crippen LogP contribution is -2.45. The van der Waals surface area contributed by atoms with Crippen molar-refractivity contribution in [2.45, 2.75) is 32.6 Å². The first-order chi connectivity index (χ1) is 12.7. The third-order valence-corrected chi connectivity index (χ3v) is 4.76. The number of halogens is 1. The van der Waals surface area contributed by atoms with Gasteiger partial charge in [-0.3, -0.25) is 4.99 Å². The molecule has 3 N–H and O–H groups in total. The van der Waals surface area contributed by atoms with Gasteiger partial charge < -0.3 is 25.2 Å². The maximum absolute atomic E-state index is 9.32. The standard InChI is InChI=1S/C20H33N3O3.HI/c1-3-12-26-18-6-4-5-17(14-18)7-10-22-19(21-2)23-15-20(8-11-24)9-13-25-16-20;/h4-6,14,24H,3,7-13,15-16H2,1-2H3,(H2,21,22,23);1H. The number of hydrogen-bond acceptors (Lipinski definition) is 4. The fraction of sp³-hybridized carbons (Fsp3) is 0.650. The molecule has 1 aromatic carbocycles. The molecule has 0 aromatic heterocycles. The van der Waals surface area contributed by atoms with E-state index in [-0.39, 0.29) is 36.0 Å². The highest BCUT2D eigenvalue weighted by Crippen LogP contribution is 2.31. The van der Waals surface area contributed by atoms with E-state index in [0.717, 1.165) is 63.7 Å². The number of ether oxygens (including phenoxy) is 2. The summed E-state index contributed by atoms with van der Waals surface area (Å²) in [5.41, 5.74) is 1.25. The second-order valence-electron chi connectivity index (χ2n) is 6.87. The van der Waals surface area contributed by atoms with Crippen LogP contribution >= 0.6 is 24.0 Å². The average molecular weight is 491 g/mol. The highest BCUT2D eigenvalue weighted by Gasteiger charge is 2.34. The number of nitrogens with zero attached hydrogens (tertiary/aromatic N) is 1. The molecule has 2 rings (SSSR count). The first-order valence-corrected chi connectivity index (χ1v) is 9.56. The zero-order valence-electron chi connectivity index (χ0n) is 16.5. The summed E-state index contributed by atoms with van der Waals surface area (Å²) in [6.07, 6.45) is 3.63.